The van der Waals surface area contributed by atoms with Crippen LogP contribution in [0.1, 0.15) is 41.2 Å². The molecule has 6 heteroatoms. The maximum Gasteiger partial charge on any atom is 0.259 e. The number of aryl methyl sites for hydroxylation is 2. The minimum atomic E-state index is -0.259. The Bertz CT molecular complexity index is 857. The van der Waals surface area contributed by atoms with Gasteiger partial charge >= 0.3 is 0 Å². The van der Waals surface area contributed by atoms with E-state index in [1.165, 1.54) is 6.07 Å². The van der Waals surface area contributed by atoms with E-state index in [9.17, 15) is 9.59 Å². The molecule has 1 aromatic carbocycles. The number of pyridine rings is 1. The van der Waals surface area contributed by atoms with Crippen LogP contribution in [0.15, 0.2) is 35.1 Å². The Morgan fingerprint density at radius 3 is 2.48 bits per heavy atom. The molecule has 1 aromatic heterocycles. The maximum atomic E-state index is 13.0. The highest BCUT2D eigenvalue weighted by Gasteiger charge is 2.23. The summed E-state index contributed by atoms with van der Waals surface area (Å²) in [5.74, 6) is -0.247. The van der Waals surface area contributed by atoms with Gasteiger partial charge in [0, 0.05) is 43.5 Å². The highest BCUT2D eigenvalue weighted by molar-refractivity contribution is 6.31. The molecule has 2 aromatic rings. The van der Waals surface area contributed by atoms with E-state index in [1.54, 1.807) is 12.0 Å². The minimum absolute atomic E-state index is 0.196. The number of rotatable bonds is 8. The number of carbonyl (C=O) groups excluding carboxylic acids is 1. The second kappa shape index (κ2) is 9.72. The molecule has 0 saturated heterocycles. The van der Waals surface area contributed by atoms with E-state index in [4.69, 9.17) is 16.3 Å². The molecule has 0 radical (unpaired) electrons. The van der Waals surface area contributed by atoms with Crippen LogP contribution >= 0.6 is 11.6 Å². The number of hydrogen-bond acceptors (Lipinski definition) is 3. The summed E-state index contributed by atoms with van der Waals surface area (Å²) in [5.41, 5.74) is 2.38. The quantitative estimate of drug-likeness (QED) is 0.690. The van der Waals surface area contributed by atoms with Gasteiger partial charge in [-0.15, -0.1) is 0 Å². The first-order valence-electron chi connectivity index (χ1n) is 9.19. The van der Waals surface area contributed by atoms with Crippen LogP contribution in [0.5, 0.6) is 0 Å². The molecule has 0 fully saturated rings. The van der Waals surface area contributed by atoms with Crippen molar-refractivity contribution >= 4 is 17.5 Å². The van der Waals surface area contributed by atoms with Gasteiger partial charge in [0.25, 0.3) is 5.91 Å². The van der Waals surface area contributed by atoms with Crippen LogP contribution in [0, 0.1) is 6.92 Å². The monoisotopic (exact) mass is 390 g/mol. The van der Waals surface area contributed by atoms with Gasteiger partial charge in [-0.2, -0.15) is 0 Å². The van der Waals surface area contributed by atoms with Crippen LogP contribution in [0.25, 0.3) is 0 Å². The molecule has 0 unspecified atom stereocenters. The molecule has 0 spiro atoms. The lowest BCUT2D eigenvalue weighted by Gasteiger charge is -2.23. The fraction of sp³-hybridized carbons (Fsp3) is 0.429. The van der Waals surface area contributed by atoms with Gasteiger partial charge in [-0.05, 0) is 38.8 Å². The third-order valence-electron chi connectivity index (χ3n) is 4.73. The summed E-state index contributed by atoms with van der Waals surface area (Å²) in [5, 5.41) is 0.712. The zero-order valence-corrected chi connectivity index (χ0v) is 17.2. The number of hydrogen-bond donors (Lipinski definition) is 0. The Labute approximate surface area is 165 Å². The summed E-state index contributed by atoms with van der Waals surface area (Å²) < 4.78 is 7.33. The van der Waals surface area contributed by atoms with E-state index in [1.807, 2.05) is 49.6 Å². The third-order valence-corrected chi connectivity index (χ3v) is 5.10. The Morgan fingerprint density at radius 2 is 1.89 bits per heavy atom. The molecule has 0 N–H and O–H groups in total. The Kier molecular flexibility index (Phi) is 7.63. The van der Waals surface area contributed by atoms with E-state index in [0.717, 1.165) is 11.3 Å². The van der Waals surface area contributed by atoms with Gasteiger partial charge in [-0.25, -0.2) is 0 Å². The predicted molar refractivity (Wildman–Crippen MR) is 109 cm³/mol. The fourth-order valence-electron chi connectivity index (χ4n) is 3.26. The van der Waals surface area contributed by atoms with Crippen molar-refractivity contribution in [1.82, 2.24) is 9.47 Å². The van der Waals surface area contributed by atoms with E-state index in [0.29, 0.717) is 36.8 Å². The number of amides is 1. The number of aromatic nitrogens is 1. The summed E-state index contributed by atoms with van der Waals surface area (Å²) >= 11 is 6.27. The number of ether oxygens (including phenoxy) is 1. The second-order valence-corrected chi connectivity index (χ2v) is 6.78. The summed E-state index contributed by atoms with van der Waals surface area (Å²) in [6, 6.07) is 9.22. The zero-order valence-electron chi connectivity index (χ0n) is 16.4. The van der Waals surface area contributed by atoms with Gasteiger partial charge in [0.2, 0.25) is 0 Å². The molecular weight excluding hydrogens is 364 g/mol. The summed E-state index contributed by atoms with van der Waals surface area (Å²) in [6.45, 7) is 7.58. The molecule has 5 nitrogen and oxygen atoms in total. The van der Waals surface area contributed by atoms with Crippen LogP contribution in [-0.2, 0) is 24.3 Å². The van der Waals surface area contributed by atoms with Gasteiger partial charge in [-0.3, -0.25) is 9.59 Å². The standard InChI is InChI=1S/C21H27ClN2O3/c1-5-23(6-2)21(26)20-18(14-27-4)24(15(3)13-19(20)25)12-11-16-9-7-8-10-17(16)22/h7-10,13H,5-6,11-12,14H2,1-4H3. The van der Waals surface area contributed by atoms with Gasteiger partial charge < -0.3 is 14.2 Å². The molecule has 2 rings (SSSR count). The topological polar surface area (TPSA) is 51.5 Å². The average Bonchev–Trinajstić information content (AvgIpc) is 2.63. The average molecular weight is 391 g/mol. The number of nitrogens with zero attached hydrogens (tertiary/aromatic N) is 2. The Balaban J connectivity index is 2.50. The molecule has 0 aliphatic rings. The number of benzene rings is 1. The van der Waals surface area contributed by atoms with Crippen LogP contribution in [0.3, 0.4) is 0 Å². The molecular formula is C21H27ClN2O3. The van der Waals surface area contributed by atoms with Crippen molar-refractivity contribution in [1.29, 1.82) is 0 Å². The largest absolute Gasteiger partial charge is 0.378 e. The summed E-state index contributed by atoms with van der Waals surface area (Å²) in [6.07, 6.45) is 0.693. The molecule has 0 aliphatic carbocycles. The first-order valence-corrected chi connectivity index (χ1v) is 9.57. The van der Waals surface area contributed by atoms with E-state index < -0.39 is 0 Å². The van der Waals surface area contributed by atoms with Crippen LogP contribution in [0.2, 0.25) is 5.02 Å². The maximum absolute atomic E-state index is 13.0. The molecule has 1 heterocycles. The number of methoxy groups -OCH3 is 1. The molecule has 27 heavy (non-hydrogen) atoms. The van der Waals surface area contributed by atoms with Crippen molar-refractivity contribution in [3.05, 3.63) is 68.1 Å². The van der Waals surface area contributed by atoms with Crippen LogP contribution in [0.4, 0.5) is 0 Å². The first kappa shape index (κ1) is 21.2. The lowest BCUT2D eigenvalue weighted by Crippen LogP contribution is -2.36. The van der Waals surface area contributed by atoms with Crippen molar-refractivity contribution < 1.29 is 9.53 Å². The van der Waals surface area contributed by atoms with E-state index in [2.05, 4.69) is 0 Å². The van der Waals surface area contributed by atoms with E-state index in [-0.39, 0.29) is 23.5 Å². The lowest BCUT2D eigenvalue weighted by atomic mass is 10.1. The van der Waals surface area contributed by atoms with Gasteiger partial charge in [0.15, 0.2) is 5.43 Å². The Morgan fingerprint density at radius 1 is 1.22 bits per heavy atom. The van der Waals surface area contributed by atoms with Gasteiger partial charge in [-0.1, -0.05) is 29.8 Å². The van der Waals surface area contributed by atoms with Crippen molar-refractivity contribution in [2.45, 2.75) is 40.3 Å². The van der Waals surface area contributed by atoms with Crippen LogP contribution in [-0.4, -0.2) is 35.6 Å². The smallest absolute Gasteiger partial charge is 0.259 e. The van der Waals surface area contributed by atoms with Crippen molar-refractivity contribution in [2.75, 3.05) is 20.2 Å². The van der Waals surface area contributed by atoms with Crippen molar-refractivity contribution in [3.63, 3.8) is 0 Å². The van der Waals surface area contributed by atoms with E-state index >= 15 is 0 Å². The predicted octanol–water partition coefficient (Wildman–Crippen LogP) is 3.68. The highest BCUT2D eigenvalue weighted by Crippen LogP contribution is 2.18. The second-order valence-electron chi connectivity index (χ2n) is 6.38. The minimum Gasteiger partial charge on any atom is -0.378 e. The highest BCUT2D eigenvalue weighted by atomic mass is 35.5. The molecule has 0 atom stereocenters. The normalized spacial score (nSPS) is 10.9. The van der Waals surface area contributed by atoms with Gasteiger partial charge in [0.1, 0.15) is 5.56 Å². The van der Waals surface area contributed by atoms with Crippen molar-refractivity contribution in [3.8, 4) is 0 Å². The summed E-state index contributed by atoms with van der Waals surface area (Å²) in [7, 11) is 1.57. The zero-order chi connectivity index (χ0) is 20.0. The molecule has 0 saturated carbocycles. The van der Waals surface area contributed by atoms with Crippen LogP contribution < -0.4 is 5.43 Å². The Hall–Kier alpha value is -2.11. The molecule has 0 aliphatic heterocycles. The number of carbonyl (C=O) groups is 1. The summed E-state index contributed by atoms with van der Waals surface area (Å²) in [4.78, 5) is 27.3. The fourth-order valence-corrected chi connectivity index (χ4v) is 3.49. The van der Waals surface area contributed by atoms with Gasteiger partial charge in [0.05, 0.1) is 12.3 Å². The molecule has 0 bridgehead atoms. The van der Waals surface area contributed by atoms with Crippen molar-refractivity contribution in [2.24, 2.45) is 0 Å². The first-order chi connectivity index (χ1) is 12.9. The number of halogens is 1. The molecule has 146 valence electrons. The SMILES string of the molecule is CCN(CC)C(=O)c1c(COC)n(CCc2ccccc2Cl)c(C)cc1=O. The molecule has 1 amide bonds. The third kappa shape index (κ3) is 4.79. The lowest BCUT2D eigenvalue weighted by molar-refractivity contribution is 0.0764.